The fraction of sp³-hybridized carbons (Fsp3) is 0.250. The zero-order chi connectivity index (χ0) is 15.5. The van der Waals surface area contributed by atoms with Crippen molar-refractivity contribution in [2.24, 2.45) is 0 Å². The SMILES string of the molecule is N=C(c1ccc(S)cc1)c1c(NC2CCOC2)cc[nH]c1=O. The van der Waals surface area contributed by atoms with E-state index in [0.717, 1.165) is 17.9 Å². The molecule has 1 aliphatic rings. The molecule has 114 valence electrons. The number of aromatic amines is 1. The van der Waals surface area contributed by atoms with E-state index in [1.54, 1.807) is 24.4 Å². The first-order chi connectivity index (χ1) is 10.6. The average molecular weight is 315 g/mol. The molecule has 1 aromatic carbocycles. The van der Waals surface area contributed by atoms with Crippen molar-refractivity contribution in [3.05, 3.63) is 58.0 Å². The maximum absolute atomic E-state index is 12.2. The molecule has 0 radical (unpaired) electrons. The number of benzene rings is 1. The Hall–Kier alpha value is -2.05. The molecular weight excluding hydrogens is 298 g/mol. The first kappa shape index (κ1) is 14.9. The van der Waals surface area contributed by atoms with Crippen LogP contribution in [0.2, 0.25) is 0 Å². The molecule has 1 unspecified atom stereocenters. The Morgan fingerprint density at radius 1 is 1.32 bits per heavy atom. The minimum Gasteiger partial charge on any atom is -0.379 e. The molecule has 3 N–H and O–H groups in total. The lowest BCUT2D eigenvalue weighted by Gasteiger charge is -2.16. The maximum atomic E-state index is 12.2. The predicted molar refractivity (Wildman–Crippen MR) is 89.5 cm³/mol. The van der Waals surface area contributed by atoms with E-state index >= 15 is 0 Å². The highest BCUT2D eigenvalue weighted by atomic mass is 32.1. The summed E-state index contributed by atoms with van der Waals surface area (Å²) >= 11 is 4.24. The summed E-state index contributed by atoms with van der Waals surface area (Å²) in [7, 11) is 0. The number of thiol groups is 1. The monoisotopic (exact) mass is 315 g/mol. The summed E-state index contributed by atoms with van der Waals surface area (Å²) in [6.07, 6.45) is 2.49. The van der Waals surface area contributed by atoms with E-state index in [1.807, 2.05) is 12.1 Å². The largest absolute Gasteiger partial charge is 0.379 e. The van der Waals surface area contributed by atoms with Crippen molar-refractivity contribution in [1.82, 2.24) is 4.98 Å². The summed E-state index contributed by atoms with van der Waals surface area (Å²) in [5.41, 5.74) is 1.61. The highest BCUT2D eigenvalue weighted by Gasteiger charge is 2.20. The zero-order valence-electron chi connectivity index (χ0n) is 11.9. The van der Waals surface area contributed by atoms with E-state index in [0.29, 0.717) is 23.4 Å². The summed E-state index contributed by atoms with van der Waals surface area (Å²) in [4.78, 5) is 15.7. The van der Waals surface area contributed by atoms with Crippen LogP contribution in [0.1, 0.15) is 17.5 Å². The van der Waals surface area contributed by atoms with Gasteiger partial charge < -0.3 is 15.0 Å². The number of hydrogen-bond acceptors (Lipinski definition) is 5. The van der Waals surface area contributed by atoms with Crippen molar-refractivity contribution in [3.63, 3.8) is 0 Å². The molecule has 6 heteroatoms. The Balaban J connectivity index is 1.96. The van der Waals surface area contributed by atoms with E-state index in [4.69, 9.17) is 10.1 Å². The Bertz CT molecular complexity index is 734. The van der Waals surface area contributed by atoms with Crippen LogP contribution >= 0.6 is 12.6 Å². The molecule has 5 nitrogen and oxygen atoms in total. The first-order valence-corrected chi connectivity index (χ1v) is 7.54. The molecule has 0 spiro atoms. The second-order valence-corrected chi connectivity index (χ2v) is 5.74. The summed E-state index contributed by atoms with van der Waals surface area (Å²) in [6.45, 7) is 1.34. The lowest BCUT2D eigenvalue weighted by molar-refractivity contribution is 0.195. The topological polar surface area (TPSA) is 78.0 Å². The van der Waals surface area contributed by atoms with Gasteiger partial charge in [0, 0.05) is 23.3 Å². The fourth-order valence-corrected chi connectivity index (χ4v) is 2.64. The van der Waals surface area contributed by atoms with Crippen molar-refractivity contribution in [3.8, 4) is 0 Å². The molecule has 1 fully saturated rings. The molecule has 1 aromatic heterocycles. The van der Waals surface area contributed by atoms with Gasteiger partial charge in [-0.05, 0) is 24.6 Å². The molecule has 1 atom stereocenters. The lowest BCUT2D eigenvalue weighted by Crippen LogP contribution is -2.25. The van der Waals surface area contributed by atoms with Gasteiger partial charge in [0.25, 0.3) is 5.56 Å². The maximum Gasteiger partial charge on any atom is 0.259 e. The number of anilines is 1. The van der Waals surface area contributed by atoms with Gasteiger partial charge in [-0.15, -0.1) is 12.6 Å². The van der Waals surface area contributed by atoms with Gasteiger partial charge in [0.15, 0.2) is 0 Å². The van der Waals surface area contributed by atoms with Gasteiger partial charge in [0.2, 0.25) is 0 Å². The Morgan fingerprint density at radius 3 is 2.77 bits per heavy atom. The summed E-state index contributed by atoms with van der Waals surface area (Å²) < 4.78 is 5.35. The van der Waals surface area contributed by atoms with Crippen LogP contribution in [0.5, 0.6) is 0 Å². The van der Waals surface area contributed by atoms with Crippen molar-refractivity contribution >= 4 is 24.0 Å². The molecule has 0 aliphatic carbocycles. The molecule has 1 saturated heterocycles. The zero-order valence-corrected chi connectivity index (χ0v) is 12.8. The van der Waals surface area contributed by atoms with E-state index < -0.39 is 0 Å². The molecule has 3 rings (SSSR count). The van der Waals surface area contributed by atoms with Crippen molar-refractivity contribution in [2.45, 2.75) is 17.4 Å². The van der Waals surface area contributed by atoms with Gasteiger partial charge in [0.1, 0.15) is 0 Å². The number of nitrogens with one attached hydrogen (secondary N) is 3. The number of H-pyrrole nitrogens is 1. The molecular formula is C16H17N3O2S. The molecule has 0 bridgehead atoms. The van der Waals surface area contributed by atoms with E-state index in [9.17, 15) is 4.79 Å². The number of ether oxygens (including phenoxy) is 1. The smallest absolute Gasteiger partial charge is 0.259 e. The highest BCUT2D eigenvalue weighted by molar-refractivity contribution is 7.80. The third kappa shape index (κ3) is 3.08. The summed E-state index contributed by atoms with van der Waals surface area (Å²) in [5, 5.41) is 11.7. The molecule has 0 amide bonds. The molecule has 22 heavy (non-hydrogen) atoms. The van der Waals surface area contributed by atoms with Crippen LogP contribution in [0.15, 0.2) is 46.2 Å². The minimum absolute atomic E-state index is 0.174. The third-order valence-corrected chi connectivity index (χ3v) is 3.95. The van der Waals surface area contributed by atoms with Crippen LogP contribution in [-0.2, 0) is 4.74 Å². The van der Waals surface area contributed by atoms with Gasteiger partial charge in [0.05, 0.1) is 29.6 Å². The highest BCUT2D eigenvalue weighted by Crippen LogP contribution is 2.19. The standard InChI is InChI=1S/C16H17N3O2S/c17-15(10-1-3-12(22)4-2-10)14-13(5-7-18-16(14)20)19-11-6-8-21-9-11/h1-5,7,11,17,22H,6,8-9H2,(H2,18,19,20). The number of hydrogen-bond donors (Lipinski definition) is 4. The summed E-state index contributed by atoms with van der Waals surface area (Å²) in [6, 6.07) is 9.16. The lowest BCUT2D eigenvalue weighted by atomic mass is 10.0. The predicted octanol–water partition coefficient (Wildman–Crippen LogP) is 2.28. The molecule has 0 saturated carbocycles. The molecule has 2 aromatic rings. The second-order valence-electron chi connectivity index (χ2n) is 5.22. The molecule has 1 aliphatic heterocycles. The summed E-state index contributed by atoms with van der Waals surface area (Å²) in [5.74, 6) is 0. The second kappa shape index (κ2) is 6.37. The van der Waals surface area contributed by atoms with Crippen LogP contribution in [0, 0.1) is 5.41 Å². The van der Waals surface area contributed by atoms with Gasteiger partial charge in [-0.1, -0.05) is 12.1 Å². The van der Waals surface area contributed by atoms with Gasteiger partial charge in [-0.2, -0.15) is 0 Å². The average Bonchev–Trinajstić information content (AvgIpc) is 3.01. The fourth-order valence-electron chi connectivity index (χ4n) is 2.49. The van der Waals surface area contributed by atoms with Gasteiger partial charge >= 0.3 is 0 Å². The van der Waals surface area contributed by atoms with E-state index in [1.165, 1.54) is 0 Å². The van der Waals surface area contributed by atoms with Crippen molar-refractivity contribution in [2.75, 3.05) is 18.5 Å². The minimum atomic E-state index is -0.274. The van der Waals surface area contributed by atoms with Crippen LogP contribution in [0.3, 0.4) is 0 Å². The Labute approximate surface area is 133 Å². The first-order valence-electron chi connectivity index (χ1n) is 7.09. The van der Waals surface area contributed by atoms with Crippen LogP contribution in [0.25, 0.3) is 0 Å². The van der Waals surface area contributed by atoms with Gasteiger partial charge in [-0.25, -0.2) is 0 Å². The van der Waals surface area contributed by atoms with E-state index in [2.05, 4.69) is 22.9 Å². The third-order valence-electron chi connectivity index (χ3n) is 3.66. The van der Waals surface area contributed by atoms with Crippen LogP contribution < -0.4 is 10.9 Å². The normalized spacial score (nSPS) is 17.4. The quantitative estimate of drug-likeness (QED) is 0.516. The molecule has 2 heterocycles. The number of aromatic nitrogens is 1. The van der Waals surface area contributed by atoms with Crippen molar-refractivity contribution < 1.29 is 4.74 Å². The number of pyridine rings is 1. The van der Waals surface area contributed by atoms with E-state index in [-0.39, 0.29) is 17.3 Å². The van der Waals surface area contributed by atoms with Crippen LogP contribution in [-0.4, -0.2) is 30.0 Å². The van der Waals surface area contributed by atoms with Crippen LogP contribution in [0.4, 0.5) is 5.69 Å². The van der Waals surface area contributed by atoms with Crippen molar-refractivity contribution in [1.29, 1.82) is 5.41 Å². The Kier molecular flexibility index (Phi) is 4.31. The van der Waals surface area contributed by atoms with Gasteiger partial charge in [-0.3, -0.25) is 10.2 Å². The Morgan fingerprint density at radius 2 is 2.09 bits per heavy atom. The number of rotatable bonds is 4.